The van der Waals surface area contributed by atoms with Crippen molar-refractivity contribution in [1.29, 1.82) is 0 Å². The molecular weight excluding hydrogens is 346 g/mol. The van der Waals surface area contributed by atoms with Gasteiger partial charge in [-0.05, 0) is 24.8 Å². The Kier molecular flexibility index (Phi) is 6.80. The number of carbonyl (C=O) groups excluding carboxylic acids is 2. The standard InChI is InChI=1S/C15H21N5O2S2/c1-4-10(2)16-14(22)17-13(21)9-24-15-19-18-12(20(15)3)8-11-6-5-7-23-11/h5-7,10H,4,8-9H2,1-3H3,(H2,16,17,21,22)/t10-/m1/s1. The number of hydrogen-bond donors (Lipinski definition) is 2. The first kappa shape index (κ1) is 18.5. The number of thiophene rings is 1. The predicted molar refractivity (Wildman–Crippen MR) is 95.3 cm³/mol. The topological polar surface area (TPSA) is 88.9 Å². The van der Waals surface area contributed by atoms with Gasteiger partial charge in [0, 0.05) is 24.4 Å². The summed E-state index contributed by atoms with van der Waals surface area (Å²) in [5, 5.41) is 16.0. The molecule has 0 unspecified atom stereocenters. The van der Waals surface area contributed by atoms with Gasteiger partial charge in [0.2, 0.25) is 5.91 Å². The number of thioether (sulfide) groups is 1. The van der Waals surface area contributed by atoms with Gasteiger partial charge >= 0.3 is 6.03 Å². The molecule has 0 bridgehead atoms. The van der Waals surface area contributed by atoms with Crippen LogP contribution in [0.25, 0.3) is 0 Å². The van der Waals surface area contributed by atoms with E-state index in [0.29, 0.717) is 11.6 Å². The molecule has 0 aliphatic carbocycles. The fraction of sp³-hybridized carbons (Fsp3) is 0.467. The van der Waals surface area contributed by atoms with E-state index in [9.17, 15) is 9.59 Å². The number of urea groups is 1. The molecule has 2 rings (SSSR count). The van der Waals surface area contributed by atoms with Gasteiger partial charge in [-0.2, -0.15) is 0 Å². The molecule has 0 spiro atoms. The number of rotatable bonds is 7. The van der Waals surface area contributed by atoms with E-state index in [0.717, 1.165) is 12.2 Å². The van der Waals surface area contributed by atoms with Crippen LogP contribution in [0.4, 0.5) is 4.79 Å². The quantitative estimate of drug-likeness (QED) is 0.732. The largest absolute Gasteiger partial charge is 0.335 e. The fourth-order valence-corrected chi connectivity index (χ4v) is 3.28. The van der Waals surface area contributed by atoms with Crippen LogP contribution in [0.3, 0.4) is 0 Å². The minimum absolute atomic E-state index is 0.0315. The minimum Gasteiger partial charge on any atom is -0.335 e. The summed E-state index contributed by atoms with van der Waals surface area (Å²) in [4.78, 5) is 24.6. The maximum atomic E-state index is 11.8. The third-order valence-electron chi connectivity index (χ3n) is 3.41. The van der Waals surface area contributed by atoms with Crippen LogP contribution in [0.5, 0.6) is 0 Å². The first-order chi connectivity index (χ1) is 11.5. The zero-order valence-electron chi connectivity index (χ0n) is 13.9. The number of carbonyl (C=O) groups is 2. The third-order valence-corrected chi connectivity index (χ3v) is 5.31. The Morgan fingerprint density at radius 1 is 1.42 bits per heavy atom. The van der Waals surface area contributed by atoms with E-state index in [4.69, 9.17) is 0 Å². The van der Waals surface area contributed by atoms with Crippen LogP contribution in [-0.4, -0.2) is 38.5 Å². The second-order valence-corrected chi connectivity index (χ2v) is 7.31. The van der Waals surface area contributed by atoms with Gasteiger partial charge in [-0.3, -0.25) is 10.1 Å². The Labute approximate surface area is 149 Å². The smallest absolute Gasteiger partial charge is 0.321 e. The average Bonchev–Trinajstić information content (AvgIpc) is 3.17. The van der Waals surface area contributed by atoms with Crippen molar-refractivity contribution in [3.8, 4) is 0 Å². The molecular formula is C15H21N5O2S2. The van der Waals surface area contributed by atoms with Crippen LogP contribution in [0.2, 0.25) is 0 Å². The summed E-state index contributed by atoms with van der Waals surface area (Å²) in [6, 6.07) is 3.62. The average molecular weight is 368 g/mol. The molecule has 0 fully saturated rings. The Morgan fingerprint density at radius 3 is 2.88 bits per heavy atom. The molecule has 3 amide bonds. The number of nitrogens with zero attached hydrogens (tertiary/aromatic N) is 3. The molecule has 9 heteroatoms. The van der Waals surface area contributed by atoms with Gasteiger partial charge in [-0.15, -0.1) is 21.5 Å². The molecule has 7 nitrogen and oxygen atoms in total. The zero-order valence-corrected chi connectivity index (χ0v) is 15.5. The maximum Gasteiger partial charge on any atom is 0.321 e. The van der Waals surface area contributed by atoms with Crippen LogP contribution < -0.4 is 10.6 Å². The summed E-state index contributed by atoms with van der Waals surface area (Å²) in [6.07, 6.45) is 1.52. The van der Waals surface area contributed by atoms with Crippen molar-refractivity contribution >= 4 is 35.0 Å². The Balaban J connectivity index is 1.82. The van der Waals surface area contributed by atoms with Crippen molar-refractivity contribution in [2.45, 2.75) is 37.9 Å². The first-order valence-electron chi connectivity index (χ1n) is 7.63. The highest BCUT2D eigenvalue weighted by atomic mass is 32.2. The van der Waals surface area contributed by atoms with Crippen molar-refractivity contribution in [1.82, 2.24) is 25.4 Å². The van der Waals surface area contributed by atoms with E-state index in [1.54, 1.807) is 11.3 Å². The normalized spacial score (nSPS) is 12.0. The summed E-state index contributed by atoms with van der Waals surface area (Å²) in [5.41, 5.74) is 0. The molecule has 0 radical (unpaired) electrons. The van der Waals surface area contributed by atoms with E-state index >= 15 is 0 Å². The first-order valence-corrected chi connectivity index (χ1v) is 9.50. The zero-order chi connectivity index (χ0) is 17.5. The lowest BCUT2D eigenvalue weighted by Crippen LogP contribution is -2.43. The summed E-state index contributed by atoms with van der Waals surface area (Å²) in [7, 11) is 1.87. The lowest BCUT2D eigenvalue weighted by Gasteiger charge is -2.11. The molecule has 2 N–H and O–H groups in total. The molecule has 24 heavy (non-hydrogen) atoms. The van der Waals surface area contributed by atoms with Crippen LogP contribution in [0, 0.1) is 0 Å². The van der Waals surface area contributed by atoms with Crippen molar-refractivity contribution < 1.29 is 9.59 Å². The molecule has 0 saturated carbocycles. The molecule has 0 aliphatic heterocycles. The summed E-state index contributed by atoms with van der Waals surface area (Å²) >= 11 is 2.93. The molecule has 0 aromatic carbocycles. The molecule has 0 aliphatic rings. The van der Waals surface area contributed by atoms with Gasteiger partial charge in [0.25, 0.3) is 0 Å². The SMILES string of the molecule is CC[C@@H](C)NC(=O)NC(=O)CSc1nnc(Cc2cccs2)n1C. The Morgan fingerprint density at radius 2 is 2.21 bits per heavy atom. The highest BCUT2D eigenvalue weighted by Crippen LogP contribution is 2.18. The van der Waals surface area contributed by atoms with Gasteiger partial charge in [-0.1, -0.05) is 24.8 Å². The fourth-order valence-electron chi connectivity index (χ4n) is 1.85. The lowest BCUT2D eigenvalue weighted by molar-refractivity contribution is -0.117. The highest BCUT2D eigenvalue weighted by molar-refractivity contribution is 7.99. The van der Waals surface area contributed by atoms with Crippen LogP contribution in [0.1, 0.15) is 31.0 Å². The predicted octanol–water partition coefficient (Wildman–Crippen LogP) is 2.18. The molecule has 2 heterocycles. The molecule has 2 aromatic rings. The van der Waals surface area contributed by atoms with Crippen LogP contribution in [-0.2, 0) is 18.3 Å². The number of imide groups is 1. The highest BCUT2D eigenvalue weighted by Gasteiger charge is 2.14. The van der Waals surface area contributed by atoms with E-state index in [-0.39, 0.29) is 17.7 Å². The van der Waals surface area contributed by atoms with Gasteiger partial charge in [0.1, 0.15) is 5.82 Å². The van der Waals surface area contributed by atoms with Gasteiger partial charge in [0.15, 0.2) is 5.16 Å². The monoisotopic (exact) mass is 367 g/mol. The van der Waals surface area contributed by atoms with Crippen molar-refractivity contribution in [3.63, 3.8) is 0 Å². The van der Waals surface area contributed by atoms with E-state index < -0.39 is 6.03 Å². The van der Waals surface area contributed by atoms with Gasteiger partial charge < -0.3 is 9.88 Å². The number of aromatic nitrogens is 3. The second kappa shape index (κ2) is 8.84. The third kappa shape index (κ3) is 5.34. The van der Waals surface area contributed by atoms with Crippen molar-refractivity contribution in [2.75, 3.05) is 5.75 Å². The summed E-state index contributed by atoms with van der Waals surface area (Å²) in [6.45, 7) is 3.85. The Hall–Kier alpha value is -1.87. The molecule has 0 saturated heterocycles. The van der Waals surface area contributed by atoms with E-state index in [2.05, 4.69) is 26.9 Å². The molecule has 130 valence electrons. The van der Waals surface area contributed by atoms with Crippen molar-refractivity contribution in [2.24, 2.45) is 7.05 Å². The maximum absolute atomic E-state index is 11.8. The van der Waals surface area contributed by atoms with Crippen molar-refractivity contribution in [3.05, 3.63) is 28.2 Å². The van der Waals surface area contributed by atoms with Crippen LogP contribution in [0.15, 0.2) is 22.7 Å². The second-order valence-electron chi connectivity index (χ2n) is 5.33. The molecule has 1 atom stereocenters. The number of hydrogen-bond acceptors (Lipinski definition) is 6. The van der Waals surface area contributed by atoms with E-state index in [1.165, 1.54) is 16.6 Å². The summed E-state index contributed by atoms with van der Waals surface area (Å²) in [5.74, 6) is 0.595. The number of nitrogens with one attached hydrogen (secondary N) is 2. The lowest BCUT2D eigenvalue weighted by atomic mass is 10.3. The van der Waals surface area contributed by atoms with Crippen LogP contribution >= 0.6 is 23.1 Å². The Bertz CT molecular complexity index is 684. The molecule has 2 aromatic heterocycles. The number of amides is 3. The minimum atomic E-state index is -0.466. The van der Waals surface area contributed by atoms with E-state index in [1.807, 2.05) is 36.9 Å². The van der Waals surface area contributed by atoms with Gasteiger partial charge in [0.05, 0.1) is 5.75 Å². The summed E-state index contributed by atoms with van der Waals surface area (Å²) < 4.78 is 1.87. The van der Waals surface area contributed by atoms with Gasteiger partial charge in [-0.25, -0.2) is 4.79 Å².